The molecule has 1 aliphatic rings. The highest BCUT2D eigenvalue weighted by atomic mass is 16.3. The van der Waals surface area contributed by atoms with Crippen LogP contribution in [0.4, 0.5) is 0 Å². The van der Waals surface area contributed by atoms with E-state index in [9.17, 15) is 15.0 Å². The fourth-order valence-corrected chi connectivity index (χ4v) is 2.21. The van der Waals surface area contributed by atoms with Crippen molar-refractivity contribution < 1.29 is 15.0 Å². The SMILES string of the molecule is Cc1ccc(C(=O)N(C)[C@@H]2CNC[C@H]2O)c(O)c1. The first-order valence-corrected chi connectivity index (χ1v) is 5.96. The summed E-state index contributed by atoms with van der Waals surface area (Å²) >= 11 is 0. The fraction of sp³-hybridized carbons (Fsp3) is 0.462. The van der Waals surface area contributed by atoms with Gasteiger partial charge in [-0.3, -0.25) is 4.79 Å². The Kier molecular flexibility index (Phi) is 3.54. The summed E-state index contributed by atoms with van der Waals surface area (Å²) in [5.41, 5.74) is 1.16. The number of aromatic hydroxyl groups is 1. The van der Waals surface area contributed by atoms with Crippen LogP contribution in [-0.4, -0.2) is 53.3 Å². The monoisotopic (exact) mass is 250 g/mol. The molecule has 0 spiro atoms. The van der Waals surface area contributed by atoms with Crippen molar-refractivity contribution in [1.29, 1.82) is 0 Å². The van der Waals surface area contributed by atoms with Crippen LogP contribution in [0.15, 0.2) is 18.2 Å². The number of nitrogens with zero attached hydrogens (tertiary/aromatic N) is 1. The Morgan fingerprint density at radius 1 is 1.44 bits per heavy atom. The number of carbonyl (C=O) groups is 1. The van der Waals surface area contributed by atoms with Crippen molar-refractivity contribution in [2.75, 3.05) is 20.1 Å². The Morgan fingerprint density at radius 3 is 2.72 bits per heavy atom. The number of hydrogen-bond acceptors (Lipinski definition) is 4. The minimum Gasteiger partial charge on any atom is -0.507 e. The van der Waals surface area contributed by atoms with Crippen LogP contribution in [-0.2, 0) is 0 Å². The van der Waals surface area contributed by atoms with Gasteiger partial charge in [0.05, 0.1) is 17.7 Å². The number of amides is 1. The molecule has 2 atom stereocenters. The molecule has 0 unspecified atom stereocenters. The summed E-state index contributed by atoms with van der Waals surface area (Å²) in [6.07, 6.45) is -0.563. The minimum atomic E-state index is -0.563. The molecule has 1 heterocycles. The molecule has 1 saturated heterocycles. The molecule has 1 aromatic rings. The van der Waals surface area contributed by atoms with E-state index in [2.05, 4.69) is 5.32 Å². The Labute approximate surface area is 106 Å². The Morgan fingerprint density at radius 2 is 2.17 bits per heavy atom. The smallest absolute Gasteiger partial charge is 0.257 e. The van der Waals surface area contributed by atoms with Gasteiger partial charge in [0.1, 0.15) is 5.75 Å². The first-order chi connectivity index (χ1) is 8.50. The quantitative estimate of drug-likeness (QED) is 0.696. The van der Waals surface area contributed by atoms with Crippen LogP contribution < -0.4 is 5.32 Å². The maximum Gasteiger partial charge on any atom is 0.257 e. The normalized spacial score (nSPS) is 23.1. The van der Waals surface area contributed by atoms with Gasteiger partial charge in [0.15, 0.2) is 0 Å². The second-order valence-electron chi connectivity index (χ2n) is 4.73. The number of hydrogen-bond donors (Lipinski definition) is 3. The third-order valence-corrected chi connectivity index (χ3v) is 3.35. The number of rotatable bonds is 2. The first-order valence-electron chi connectivity index (χ1n) is 5.96. The summed E-state index contributed by atoms with van der Waals surface area (Å²) in [6, 6.07) is 4.70. The van der Waals surface area contributed by atoms with Gasteiger partial charge in [-0.05, 0) is 24.6 Å². The number of β-amino-alcohol motifs (C(OH)–C–C–N with tert-alkyl or cyclic N) is 1. The van der Waals surface area contributed by atoms with Gasteiger partial charge in [-0.2, -0.15) is 0 Å². The van der Waals surface area contributed by atoms with Gasteiger partial charge >= 0.3 is 0 Å². The van der Waals surface area contributed by atoms with Crippen molar-refractivity contribution >= 4 is 5.91 Å². The third-order valence-electron chi connectivity index (χ3n) is 3.35. The molecule has 0 radical (unpaired) electrons. The maximum atomic E-state index is 12.2. The van der Waals surface area contributed by atoms with Gasteiger partial charge in [-0.25, -0.2) is 0 Å². The van der Waals surface area contributed by atoms with E-state index in [-0.39, 0.29) is 23.3 Å². The molecular weight excluding hydrogens is 232 g/mol. The lowest BCUT2D eigenvalue weighted by Gasteiger charge is -2.26. The van der Waals surface area contributed by atoms with Crippen LogP contribution in [0.1, 0.15) is 15.9 Å². The predicted molar refractivity (Wildman–Crippen MR) is 67.6 cm³/mol. The van der Waals surface area contributed by atoms with Crippen molar-refractivity contribution in [2.45, 2.75) is 19.1 Å². The lowest BCUT2D eigenvalue weighted by Crippen LogP contribution is -2.44. The summed E-state index contributed by atoms with van der Waals surface area (Å²) in [7, 11) is 1.64. The van der Waals surface area contributed by atoms with E-state index in [1.165, 1.54) is 4.90 Å². The molecule has 0 aromatic heterocycles. The van der Waals surface area contributed by atoms with Crippen molar-refractivity contribution in [3.05, 3.63) is 29.3 Å². The number of phenols is 1. The highest BCUT2D eigenvalue weighted by Gasteiger charge is 2.32. The van der Waals surface area contributed by atoms with Crippen molar-refractivity contribution in [2.24, 2.45) is 0 Å². The Bertz CT molecular complexity index is 462. The van der Waals surface area contributed by atoms with Crippen LogP contribution in [0.5, 0.6) is 5.75 Å². The van der Waals surface area contributed by atoms with Crippen LogP contribution >= 0.6 is 0 Å². The molecule has 5 heteroatoms. The standard InChI is InChI=1S/C13H18N2O3/c1-8-3-4-9(11(16)5-8)13(18)15(2)10-6-14-7-12(10)17/h3-5,10,12,14,16-17H,6-7H2,1-2H3/t10-,12-/m1/s1. The van der Waals surface area contributed by atoms with Gasteiger partial charge in [-0.1, -0.05) is 6.07 Å². The number of phenolic OH excluding ortho intramolecular Hbond substituents is 1. The lowest BCUT2D eigenvalue weighted by atomic mass is 10.1. The first kappa shape index (κ1) is 12.9. The van der Waals surface area contributed by atoms with Crippen LogP contribution in [0, 0.1) is 6.92 Å². The van der Waals surface area contributed by atoms with E-state index < -0.39 is 6.10 Å². The molecule has 0 bridgehead atoms. The van der Waals surface area contributed by atoms with Crippen molar-refractivity contribution in [3.63, 3.8) is 0 Å². The molecule has 1 amide bonds. The molecule has 0 aliphatic carbocycles. The van der Waals surface area contributed by atoms with E-state index in [0.717, 1.165) is 5.56 Å². The van der Waals surface area contributed by atoms with E-state index in [1.54, 1.807) is 25.2 Å². The van der Waals surface area contributed by atoms with Gasteiger partial charge in [0.2, 0.25) is 0 Å². The minimum absolute atomic E-state index is 0.0210. The molecule has 5 nitrogen and oxygen atoms in total. The predicted octanol–water partition coefficient (Wildman–Crippen LogP) is 0.105. The van der Waals surface area contributed by atoms with Crippen LogP contribution in [0.25, 0.3) is 0 Å². The topological polar surface area (TPSA) is 72.8 Å². The number of likely N-dealkylation sites (N-methyl/N-ethyl adjacent to an activating group) is 1. The molecule has 3 N–H and O–H groups in total. The molecule has 2 rings (SSSR count). The van der Waals surface area contributed by atoms with E-state index in [0.29, 0.717) is 13.1 Å². The summed E-state index contributed by atoms with van der Waals surface area (Å²) in [5, 5.41) is 22.6. The average Bonchev–Trinajstić information content (AvgIpc) is 2.74. The van der Waals surface area contributed by atoms with E-state index >= 15 is 0 Å². The van der Waals surface area contributed by atoms with E-state index in [1.807, 2.05) is 6.92 Å². The number of carbonyl (C=O) groups excluding carboxylic acids is 1. The van der Waals surface area contributed by atoms with Gasteiger partial charge in [-0.15, -0.1) is 0 Å². The number of aliphatic hydroxyl groups is 1. The molecule has 1 aromatic carbocycles. The fourth-order valence-electron chi connectivity index (χ4n) is 2.21. The second kappa shape index (κ2) is 4.96. The second-order valence-corrected chi connectivity index (χ2v) is 4.73. The number of nitrogens with one attached hydrogen (secondary N) is 1. The van der Waals surface area contributed by atoms with E-state index in [4.69, 9.17) is 0 Å². The highest BCUT2D eigenvalue weighted by molar-refractivity contribution is 5.97. The summed E-state index contributed by atoms with van der Waals surface area (Å²) in [5.74, 6) is -0.299. The number of benzene rings is 1. The van der Waals surface area contributed by atoms with Gasteiger partial charge < -0.3 is 20.4 Å². The van der Waals surface area contributed by atoms with Crippen LogP contribution in [0.2, 0.25) is 0 Å². The largest absolute Gasteiger partial charge is 0.507 e. The Hall–Kier alpha value is -1.59. The van der Waals surface area contributed by atoms with Crippen LogP contribution in [0.3, 0.4) is 0 Å². The summed E-state index contributed by atoms with van der Waals surface area (Å²) in [6.45, 7) is 2.90. The van der Waals surface area contributed by atoms with Gasteiger partial charge in [0, 0.05) is 20.1 Å². The molecule has 98 valence electrons. The zero-order valence-corrected chi connectivity index (χ0v) is 10.6. The van der Waals surface area contributed by atoms with Crippen molar-refractivity contribution in [3.8, 4) is 5.75 Å². The maximum absolute atomic E-state index is 12.2. The van der Waals surface area contributed by atoms with Crippen molar-refractivity contribution in [1.82, 2.24) is 10.2 Å². The molecule has 18 heavy (non-hydrogen) atoms. The highest BCUT2D eigenvalue weighted by Crippen LogP contribution is 2.21. The number of aryl methyl sites for hydroxylation is 1. The average molecular weight is 250 g/mol. The zero-order valence-electron chi connectivity index (χ0n) is 10.6. The number of aliphatic hydroxyl groups excluding tert-OH is 1. The molecule has 1 aliphatic heterocycles. The zero-order chi connectivity index (χ0) is 13.3. The Balaban J connectivity index is 2.20. The molecule has 1 fully saturated rings. The molecule has 0 saturated carbocycles. The molecular formula is C13H18N2O3. The lowest BCUT2D eigenvalue weighted by molar-refractivity contribution is 0.0578. The summed E-state index contributed by atoms with van der Waals surface area (Å²) in [4.78, 5) is 13.7. The van der Waals surface area contributed by atoms with Gasteiger partial charge in [0.25, 0.3) is 5.91 Å². The summed E-state index contributed by atoms with van der Waals surface area (Å²) < 4.78 is 0. The third kappa shape index (κ3) is 2.32.